The van der Waals surface area contributed by atoms with Gasteiger partial charge in [-0.2, -0.15) is 0 Å². The fourth-order valence-corrected chi connectivity index (χ4v) is 1.53. The van der Waals surface area contributed by atoms with E-state index >= 15 is 0 Å². The highest BCUT2D eigenvalue weighted by molar-refractivity contribution is 7.19. The van der Waals surface area contributed by atoms with Crippen LogP contribution >= 0.6 is 11.3 Å². The van der Waals surface area contributed by atoms with Gasteiger partial charge in [0.2, 0.25) is 0 Å². The summed E-state index contributed by atoms with van der Waals surface area (Å²) in [6, 6.07) is 0. The lowest BCUT2D eigenvalue weighted by molar-refractivity contribution is 0.488. The molecule has 0 aliphatic carbocycles. The summed E-state index contributed by atoms with van der Waals surface area (Å²) in [6.45, 7) is 0. The zero-order valence-electron chi connectivity index (χ0n) is 4.87. The first-order valence-electron chi connectivity index (χ1n) is 2.66. The third kappa shape index (κ3) is 0.577. The largest absolute Gasteiger partial charge is 0.498 e. The Kier molecular flexibility index (Phi) is 0.906. The molecule has 0 saturated carbocycles. The lowest BCUT2D eigenvalue weighted by atomic mass is 10.8. The molecule has 0 saturated heterocycles. The molecule has 0 unspecified atom stereocenters. The molecule has 2 heterocycles. The summed E-state index contributed by atoms with van der Waals surface area (Å²) in [6.07, 6.45) is 2.95. The van der Waals surface area contributed by atoms with Gasteiger partial charge in [0.1, 0.15) is 4.83 Å². The molecule has 0 fully saturated rings. The Labute approximate surface area is 59.4 Å². The standard InChI is InChI=1S/C5H4N2O2S/c8-4-2-7-3(10-4)1-6-5(7)9/h1-2,8H,(H,6,9). The number of fused-ring (bicyclic) bond motifs is 1. The number of hydrogen-bond acceptors (Lipinski definition) is 3. The van der Waals surface area contributed by atoms with Crippen molar-refractivity contribution in [1.82, 2.24) is 9.38 Å². The van der Waals surface area contributed by atoms with Crippen LogP contribution in [0.15, 0.2) is 17.2 Å². The Morgan fingerprint density at radius 3 is 3.20 bits per heavy atom. The van der Waals surface area contributed by atoms with Crippen molar-refractivity contribution in [3.63, 3.8) is 0 Å². The molecule has 4 nitrogen and oxygen atoms in total. The smallest absolute Gasteiger partial charge is 0.330 e. The van der Waals surface area contributed by atoms with E-state index < -0.39 is 0 Å². The molecular formula is C5H4N2O2S. The number of nitrogens with zero attached hydrogens (tertiary/aromatic N) is 1. The normalized spacial score (nSPS) is 10.8. The minimum Gasteiger partial charge on any atom is -0.498 e. The molecule has 0 amide bonds. The predicted octanol–water partition coefficient (Wildman–Crippen LogP) is 0.395. The van der Waals surface area contributed by atoms with Gasteiger partial charge in [0.25, 0.3) is 0 Å². The number of rotatable bonds is 0. The molecule has 0 atom stereocenters. The highest BCUT2D eigenvalue weighted by atomic mass is 32.1. The van der Waals surface area contributed by atoms with E-state index in [0.29, 0.717) is 0 Å². The molecule has 0 radical (unpaired) electrons. The second kappa shape index (κ2) is 1.63. The molecule has 2 aromatic rings. The molecule has 5 heteroatoms. The molecule has 2 rings (SSSR count). The van der Waals surface area contributed by atoms with Gasteiger partial charge in [0.05, 0.1) is 6.20 Å². The number of hydrogen-bond donors (Lipinski definition) is 2. The average molecular weight is 156 g/mol. The van der Waals surface area contributed by atoms with Crippen molar-refractivity contribution in [2.75, 3.05) is 0 Å². The highest BCUT2D eigenvalue weighted by Gasteiger charge is 2.00. The van der Waals surface area contributed by atoms with Gasteiger partial charge in [-0.3, -0.25) is 4.40 Å². The van der Waals surface area contributed by atoms with Crippen molar-refractivity contribution >= 4 is 16.2 Å². The zero-order chi connectivity index (χ0) is 7.14. The summed E-state index contributed by atoms with van der Waals surface area (Å²) in [7, 11) is 0. The second-order valence-electron chi connectivity index (χ2n) is 1.87. The van der Waals surface area contributed by atoms with Gasteiger partial charge in [-0.25, -0.2) is 4.79 Å². The molecule has 52 valence electrons. The van der Waals surface area contributed by atoms with Crippen LogP contribution in [-0.2, 0) is 0 Å². The minimum atomic E-state index is -0.216. The Bertz CT molecular complexity index is 410. The quantitative estimate of drug-likeness (QED) is 0.579. The molecular weight excluding hydrogens is 152 g/mol. The fourth-order valence-electron chi connectivity index (χ4n) is 0.807. The first-order chi connectivity index (χ1) is 4.77. The number of aromatic nitrogens is 2. The SMILES string of the molecule is O=c1[nH]cc2sc(O)cn12. The number of thiazole rings is 1. The van der Waals surface area contributed by atoms with E-state index in [9.17, 15) is 4.79 Å². The van der Waals surface area contributed by atoms with E-state index in [1.54, 1.807) is 6.20 Å². The van der Waals surface area contributed by atoms with Gasteiger partial charge < -0.3 is 10.1 Å². The third-order valence-electron chi connectivity index (χ3n) is 1.22. The van der Waals surface area contributed by atoms with Crippen LogP contribution in [-0.4, -0.2) is 14.5 Å². The monoisotopic (exact) mass is 156 g/mol. The van der Waals surface area contributed by atoms with Crippen molar-refractivity contribution in [1.29, 1.82) is 0 Å². The summed E-state index contributed by atoms with van der Waals surface area (Å²) in [5.41, 5.74) is -0.216. The number of aromatic hydroxyl groups is 1. The zero-order valence-corrected chi connectivity index (χ0v) is 5.68. The van der Waals surface area contributed by atoms with E-state index in [4.69, 9.17) is 5.11 Å². The van der Waals surface area contributed by atoms with Crippen LogP contribution < -0.4 is 5.69 Å². The van der Waals surface area contributed by atoms with Gasteiger partial charge in [-0.15, -0.1) is 0 Å². The molecule has 0 bridgehead atoms. The summed E-state index contributed by atoms with van der Waals surface area (Å²) in [5, 5.41) is 9.07. The van der Waals surface area contributed by atoms with Crippen molar-refractivity contribution in [2.24, 2.45) is 0 Å². The van der Waals surface area contributed by atoms with Crippen LogP contribution in [0.4, 0.5) is 0 Å². The molecule has 0 aromatic carbocycles. The van der Waals surface area contributed by atoms with Gasteiger partial charge in [-0.1, -0.05) is 11.3 Å². The van der Waals surface area contributed by atoms with E-state index in [0.717, 1.165) is 16.2 Å². The molecule has 0 spiro atoms. The first-order valence-corrected chi connectivity index (χ1v) is 3.47. The Balaban J connectivity index is 3.03. The van der Waals surface area contributed by atoms with Crippen LogP contribution in [0.25, 0.3) is 4.83 Å². The lowest BCUT2D eigenvalue weighted by Gasteiger charge is -1.72. The molecule has 0 aliphatic heterocycles. The number of aromatic amines is 1. The number of H-pyrrole nitrogens is 1. The van der Waals surface area contributed by atoms with Crippen LogP contribution in [0.1, 0.15) is 0 Å². The van der Waals surface area contributed by atoms with E-state index in [1.807, 2.05) is 0 Å². The van der Waals surface area contributed by atoms with Gasteiger partial charge >= 0.3 is 5.69 Å². The van der Waals surface area contributed by atoms with Crippen molar-refractivity contribution in [2.45, 2.75) is 0 Å². The molecule has 2 N–H and O–H groups in total. The maximum Gasteiger partial charge on any atom is 0.330 e. The Hall–Kier alpha value is -1.23. The Morgan fingerprint density at radius 2 is 2.50 bits per heavy atom. The fraction of sp³-hybridized carbons (Fsp3) is 0. The van der Waals surface area contributed by atoms with Crippen molar-refractivity contribution < 1.29 is 5.11 Å². The van der Waals surface area contributed by atoms with E-state index in [-0.39, 0.29) is 10.8 Å². The van der Waals surface area contributed by atoms with Gasteiger partial charge in [-0.05, 0) is 0 Å². The van der Waals surface area contributed by atoms with Crippen LogP contribution in [0.2, 0.25) is 0 Å². The summed E-state index contributed by atoms with van der Waals surface area (Å²) < 4.78 is 1.36. The van der Waals surface area contributed by atoms with Crippen LogP contribution in [0.5, 0.6) is 5.06 Å². The van der Waals surface area contributed by atoms with E-state index in [1.165, 1.54) is 10.6 Å². The average Bonchev–Trinajstić information content (AvgIpc) is 2.35. The first kappa shape index (κ1) is 5.55. The maximum absolute atomic E-state index is 10.8. The van der Waals surface area contributed by atoms with Crippen LogP contribution in [0.3, 0.4) is 0 Å². The third-order valence-corrected chi connectivity index (χ3v) is 2.06. The van der Waals surface area contributed by atoms with Gasteiger partial charge in [0.15, 0.2) is 5.06 Å². The van der Waals surface area contributed by atoms with E-state index in [2.05, 4.69) is 4.98 Å². The Morgan fingerprint density at radius 1 is 1.70 bits per heavy atom. The lowest BCUT2D eigenvalue weighted by Crippen LogP contribution is -2.06. The predicted molar refractivity (Wildman–Crippen MR) is 37.6 cm³/mol. The maximum atomic E-state index is 10.8. The number of imidazole rings is 1. The summed E-state index contributed by atoms with van der Waals surface area (Å²) in [4.78, 5) is 14.0. The van der Waals surface area contributed by atoms with Gasteiger partial charge in [0, 0.05) is 6.20 Å². The minimum absolute atomic E-state index is 0.154. The highest BCUT2D eigenvalue weighted by Crippen LogP contribution is 2.20. The molecule has 0 aliphatic rings. The summed E-state index contributed by atoms with van der Waals surface area (Å²) >= 11 is 1.16. The topological polar surface area (TPSA) is 57.5 Å². The molecule has 10 heavy (non-hydrogen) atoms. The molecule has 2 aromatic heterocycles. The van der Waals surface area contributed by atoms with Crippen molar-refractivity contribution in [3.8, 4) is 5.06 Å². The second-order valence-corrected chi connectivity index (χ2v) is 2.91. The van der Waals surface area contributed by atoms with Crippen LogP contribution in [0, 0.1) is 0 Å². The number of nitrogens with one attached hydrogen (secondary N) is 1. The summed E-state index contributed by atoms with van der Waals surface area (Å²) in [5.74, 6) is 0. The van der Waals surface area contributed by atoms with Crippen molar-refractivity contribution in [3.05, 3.63) is 22.9 Å².